The summed E-state index contributed by atoms with van der Waals surface area (Å²) >= 11 is 3.08. The number of amides is 1. The molecule has 7 nitrogen and oxygen atoms in total. The predicted molar refractivity (Wildman–Crippen MR) is 79.2 cm³/mol. The van der Waals surface area contributed by atoms with Crippen LogP contribution in [0.2, 0.25) is 0 Å². The van der Waals surface area contributed by atoms with Crippen LogP contribution in [0.3, 0.4) is 0 Å². The summed E-state index contributed by atoms with van der Waals surface area (Å²) in [5.74, 6) is -1.69. The number of non-ortho nitro benzene ring substituents is 1. The molecule has 1 atom stereocenters. The lowest BCUT2D eigenvalue weighted by Crippen LogP contribution is -2.40. The van der Waals surface area contributed by atoms with E-state index in [1.54, 1.807) is 0 Å². The molecule has 0 aromatic heterocycles. The number of benzene rings is 1. The number of carbonyl (C=O) groups excluding carboxylic acids is 1. The Hall–Kier alpha value is -1.96. The van der Waals surface area contributed by atoms with Gasteiger partial charge in [0.1, 0.15) is 6.04 Å². The molecule has 1 aromatic rings. The number of hydrogen-bond donors (Lipinski definition) is 2. The second-order valence-electron chi connectivity index (χ2n) is 4.43. The highest BCUT2D eigenvalue weighted by Gasteiger charge is 2.22. The molecule has 0 aliphatic heterocycles. The quantitative estimate of drug-likeness (QED) is 0.575. The first-order valence-corrected chi connectivity index (χ1v) is 7.13. The van der Waals surface area contributed by atoms with E-state index in [2.05, 4.69) is 21.2 Å². The summed E-state index contributed by atoms with van der Waals surface area (Å²) in [5.41, 5.74) is 0.00235. The summed E-state index contributed by atoms with van der Waals surface area (Å²) in [6.07, 6.45) is 1.84. The van der Waals surface area contributed by atoms with Crippen LogP contribution < -0.4 is 5.32 Å². The number of rotatable bonds is 7. The van der Waals surface area contributed by atoms with Crippen LogP contribution >= 0.6 is 15.9 Å². The largest absolute Gasteiger partial charge is 0.480 e. The Kier molecular flexibility index (Phi) is 6.29. The Labute approximate surface area is 129 Å². The van der Waals surface area contributed by atoms with Crippen LogP contribution in [0.4, 0.5) is 5.69 Å². The number of hydrogen-bond acceptors (Lipinski definition) is 4. The molecule has 8 heteroatoms. The van der Waals surface area contributed by atoms with Crippen molar-refractivity contribution in [3.63, 3.8) is 0 Å². The van der Waals surface area contributed by atoms with Gasteiger partial charge in [0.25, 0.3) is 11.6 Å². The minimum Gasteiger partial charge on any atom is -0.480 e. The van der Waals surface area contributed by atoms with Crippen LogP contribution in [0.25, 0.3) is 0 Å². The molecule has 21 heavy (non-hydrogen) atoms. The van der Waals surface area contributed by atoms with Crippen molar-refractivity contribution in [1.82, 2.24) is 5.32 Å². The molecule has 0 bridgehead atoms. The third-order valence-electron chi connectivity index (χ3n) is 2.86. The zero-order chi connectivity index (χ0) is 16.0. The fraction of sp³-hybridized carbons (Fsp3) is 0.385. The van der Waals surface area contributed by atoms with Gasteiger partial charge in [-0.05, 0) is 28.4 Å². The fourth-order valence-corrected chi connectivity index (χ4v) is 2.25. The number of unbranched alkanes of at least 4 members (excludes halogenated alkanes) is 1. The second-order valence-corrected chi connectivity index (χ2v) is 5.28. The van der Waals surface area contributed by atoms with Crippen LogP contribution in [0.5, 0.6) is 0 Å². The summed E-state index contributed by atoms with van der Waals surface area (Å²) in [5, 5.41) is 22.1. The van der Waals surface area contributed by atoms with Crippen LogP contribution in [0.1, 0.15) is 36.5 Å². The number of nitro benzene ring substituents is 1. The molecule has 114 valence electrons. The molecule has 1 amide bonds. The summed E-state index contributed by atoms with van der Waals surface area (Å²) in [6, 6.07) is 2.72. The first kappa shape index (κ1) is 17.1. The zero-order valence-electron chi connectivity index (χ0n) is 11.3. The van der Waals surface area contributed by atoms with Crippen molar-refractivity contribution >= 4 is 33.5 Å². The van der Waals surface area contributed by atoms with Gasteiger partial charge in [0.05, 0.1) is 10.5 Å². The highest BCUT2D eigenvalue weighted by Crippen LogP contribution is 2.23. The molecule has 0 saturated carbocycles. The van der Waals surface area contributed by atoms with Gasteiger partial charge < -0.3 is 10.4 Å². The molecule has 0 aliphatic rings. The molecule has 1 rings (SSSR count). The lowest BCUT2D eigenvalue weighted by molar-refractivity contribution is -0.384. The van der Waals surface area contributed by atoms with E-state index in [1.807, 2.05) is 6.92 Å². The van der Waals surface area contributed by atoms with Crippen molar-refractivity contribution in [3.05, 3.63) is 38.3 Å². The van der Waals surface area contributed by atoms with Crippen molar-refractivity contribution in [2.24, 2.45) is 0 Å². The first-order valence-electron chi connectivity index (χ1n) is 6.34. The van der Waals surface area contributed by atoms with Crippen molar-refractivity contribution < 1.29 is 19.6 Å². The summed E-state index contributed by atoms with van der Waals surface area (Å²) in [4.78, 5) is 33.2. The van der Waals surface area contributed by atoms with Gasteiger partial charge in [0.15, 0.2) is 0 Å². The molecule has 0 saturated heterocycles. The summed E-state index contributed by atoms with van der Waals surface area (Å²) < 4.78 is 0.244. The molecule has 0 spiro atoms. The average Bonchev–Trinajstić information content (AvgIpc) is 2.42. The standard InChI is InChI=1S/C13H15BrN2O5/c1-2-3-4-11(13(18)19)15-12(17)9-6-5-8(16(20)21)7-10(9)14/h5-7,11H,2-4H2,1H3,(H,15,17)(H,18,19). The number of halogens is 1. The molecule has 0 fully saturated rings. The van der Waals surface area contributed by atoms with Gasteiger partial charge in [0, 0.05) is 16.6 Å². The third-order valence-corrected chi connectivity index (χ3v) is 3.51. The van der Waals surface area contributed by atoms with E-state index in [0.717, 1.165) is 6.42 Å². The number of carboxylic acids is 1. The fourth-order valence-electron chi connectivity index (χ4n) is 1.70. The van der Waals surface area contributed by atoms with Gasteiger partial charge in [-0.15, -0.1) is 0 Å². The number of aliphatic carboxylic acids is 1. The van der Waals surface area contributed by atoms with Crippen molar-refractivity contribution in [2.75, 3.05) is 0 Å². The molecule has 1 unspecified atom stereocenters. The Morgan fingerprint density at radius 3 is 2.62 bits per heavy atom. The Balaban J connectivity index is 2.87. The van der Waals surface area contributed by atoms with E-state index in [-0.39, 0.29) is 15.7 Å². The smallest absolute Gasteiger partial charge is 0.326 e. The van der Waals surface area contributed by atoms with E-state index in [9.17, 15) is 19.7 Å². The topological polar surface area (TPSA) is 110 Å². The number of nitrogens with zero attached hydrogens (tertiary/aromatic N) is 1. The summed E-state index contributed by atoms with van der Waals surface area (Å²) in [7, 11) is 0. The number of carboxylic acid groups (broad SMARTS) is 1. The van der Waals surface area contributed by atoms with Gasteiger partial charge >= 0.3 is 5.97 Å². The molecular weight excluding hydrogens is 344 g/mol. The van der Waals surface area contributed by atoms with E-state index < -0.39 is 22.8 Å². The SMILES string of the molecule is CCCCC(NC(=O)c1ccc([N+](=O)[O-])cc1Br)C(=O)O. The van der Waals surface area contributed by atoms with Crippen LogP contribution in [0, 0.1) is 10.1 Å². The maximum Gasteiger partial charge on any atom is 0.326 e. The molecule has 2 N–H and O–H groups in total. The van der Waals surface area contributed by atoms with Gasteiger partial charge in [-0.2, -0.15) is 0 Å². The van der Waals surface area contributed by atoms with E-state index in [0.29, 0.717) is 12.8 Å². The average molecular weight is 359 g/mol. The normalized spacial score (nSPS) is 11.7. The maximum atomic E-state index is 12.1. The lowest BCUT2D eigenvalue weighted by Gasteiger charge is -2.14. The monoisotopic (exact) mass is 358 g/mol. The Bertz CT molecular complexity index is 561. The number of nitrogens with one attached hydrogen (secondary N) is 1. The van der Waals surface area contributed by atoms with Crippen LogP contribution in [0.15, 0.2) is 22.7 Å². The Morgan fingerprint density at radius 2 is 2.14 bits per heavy atom. The minimum atomic E-state index is -1.10. The van der Waals surface area contributed by atoms with Crippen molar-refractivity contribution in [3.8, 4) is 0 Å². The van der Waals surface area contributed by atoms with Gasteiger partial charge in [0.2, 0.25) is 0 Å². The first-order chi connectivity index (χ1) is 9.86. The molecule has 1 aromatic carbocycles. The molecule has 0 radical (unpaired) electrons. The van der Waals surface area contributed by atoms with Crippen LogP contribution in [-0.4, -0.2) is 27.9 Å². The molecular formula is C13H15BrN2O5. The van der Waals surface area contributed by atoms with Crippen molar-refractivity contribution in [2.45, 2.75) is 32.2 Å². The predicted octanol–water partition coefficient (Wildman–Crippen LogP) is 2.73. The second kappa shape index (κ2) is 7.72. The highest BCUT2D eigenvalue weighted by molar-refractivity contribution is 9.10. The maximum absolute atomic E-state index is 12.1. The number of nitro groups is 1. The number of carbonyl (C=O) groups is 2. The van der Waals surface area contributed by atoms with Crippen LogP contribution in [-0.2, 0) is 4.79 Å². The highest BCUT2D eigenvalue weighted by atomic mass is 79.9. The zero-order valence-corrected chi connectivity index (χ0v) is 12.9. The third kappa shape index (κ3) is 4.82. The lowest BCUT2D eigenvalue weighted by atomic mass is 10.1. The summed E-state index contributed by atoms with van der Waals surface area (Å²) in [6.45, 7) is 1.92. The van der Waals surface area contributed by atoms with E-state index in [1.165, 1.54) is 18.2 Å². The molecule has 0 heterocycles. The Morgan fingerprint density at radius 1 is 1.48 bits per heavy atom. The van der Waals surface area contributed by atoms with Gasteiger partial charge in [-0.3, -0.25) is 14.9 Å². The van der Waals surface area contributed by atoms with E-state index >= 15 is 0 Å². The van der Waals surface area contributed by atoms with Crippen molar-refractivity contribution in [1.29, 1.82) is 0 Å². The molecule has 0 aliphatic carbocycles. The van der Waals surface area contributed by atoms with Gasteiger partial charge in [-0.25, -0.2) is 4.79 Å². The van der Waals surface area contributed by atoms with Gasteiger partial charge in [-0.1, -0.05) is 19.8 Å². The minimum absolute atomic E-state index is 0.154. The van der Waals surface area contributed by atoms with E-state index in [4.69, 9.17) is 5.11 Å².